The van der Waals surface area contributed by atoms with Gasteiger partial charge in [0.2, 0.25) is 0 Å². The van der Waals surface area contributed by atoms with Gasteiger partial charge in [-0.3, -0.25) is 0 Å². The van der Waals surface area contributed by atoms with E-state index in [0.29, 0.717) is 5.41 Å². The topological polar surface area (TPSA) is 3.24 Å². The maximum Gasteiger partial charge on any atom is 0.389 e. The molecule has 1 aliphatic heterocycles. The summed E-state index contributed by atoms with van der Waals surface area (Å²) in [7, 11) is 2.05. The molecule has 1 heterocycles. The minimum absolute atomic E-state index is 0.203. The number of alkyl halides is 3. The molecule has 1 nitrogen and oxygen atoms in total. The Balaban J connectivity index is 1.78. The quantitative estimate of drug-likeness (QED) is 0.645. The Kier molecular flexibility index (Phi) is 2.57. The molecule has 0 saturated carbocycles. The number of likely N-dealkylation sites (tertiary alicyclic amines) is 1. The van der Waals surface area contributed by atoms with Crippen molar-refractivity contribution in [1.82, 2.24) is 4.90 Å². The molecule has 0 atom stereocenters. The molecule has 0 aromatic carbocycles. The summed E-state index contributed by atoms with van der Waals surface area (Å²) in [5.41, 5.74) is 1.32. The summed E-state index contributed by atoms with van der Waals surface area (Å²) in [5.74, 6) is 0. The molecular weight excluding hydrogens is 203 g/mol. The molecule has 86 valence electrons. The van der Waals surface area contributed by atoms with Gasteiger partial charge < -0.3 is 4.90 Å². The van der Waals surface area contributed by atoms with Gasteiger partial charge in [-0.15, -0.1) is 0 Å². The van der Waals surface area contributed by atoms with E-state index in [1.807, 2.05) is 6.08 Å². The molecule has 0 amide bonds. The van der Waals surface area contributed by atoms with Crippen LogP contribution in [0.2, 0.25) is 0 Å². The number of hydrogen-bond acceptors (Lipinski definition) is 1. The Hall–Kier alpha value is -0.510. The number of hydrogen-bond donors (Lipinski definition) is 0. The van der Waals surface area contributed by atoms with E-state index in [4.69, 9.17) is 0 Å². The number of allylic oxidation sites excluding steroid dienone is 2. The number of halogens is 3. The fourth-order valence-electron chi connectivity index (χ4n) is 2.82. The SMILES string of the molecule is CN1CC2(CC=C(CCC(F)(F)F)C2)C1. The zero-order valence-electron chi connectivity index (χ0n) is 8.90. The van der Waals surface area contributed by atoms with Crippen LogP contribution in [0.1, 0.15) is 25.7 Å². The second-order valence-corrected chi connectivity index (χ2v) is 5.03. The van der Waals surface area contributed by atoms with Crippen molar-refractivity contribution < 1.29 is 13.2 Å². The van der Waals surface area contributed by atoms with Crippen LogP contribution in [0.4, 0.5) is 13.2 Å². The summed E-state index contributed by atoms with van der Waals surface area (Å²) in [6.07, 6.45) is -0.580. The van der Waals surface area contributed by atoms with Crippen LogP contribution in [0.25, 0.3) is 0 Å². The van der Waals surface area contributed by atoms with Crippen LogP contribution in [-0.4, -0.2) is 31.2 Å². The lowest BCUT2D eigenvalue weighted by Crippen LogP contribution is -2.52. The molecule has 1 spiro atoms. The van der Waals surface area contributed by atoms with Gasteiger partial charge in [0, 0.05) is 24.9 Å². The Morgan fingerprint density at radius 2 is 2.07 bits per heavy atom. The molecule has 1 fully saturated rings. The Morgan fingerprint density at radius 3 is 2.60 bits per heavy atom. The molecule has 1 saturated heterocycles. The van der Waals surface area contributed by atoms with Crippen molar-refractivity contribution in [3.8, 4) is 0 Å². The Bertz CT molecular complexity index is 274. The van der Waals surface area contributed by atoms with Gasteiger partial charge in [0.05, 0.1) is 0 Å². The normalized spacial score (nSPS) is 25.5. The van der Waals surface area contributed by atoms with Crippen molar-refractivity contribution in [1.29, 1.82) is 0 Å². The summed E-state index contributed by atoms with van der Waals surface area (Å²) >= 11 is 0. The van der Waals surface area contributed by atoms with Gasteiger partial charge in [-0.25, -0.2) is 0 Å². The van der Waals surface area contributed by atoms with Crippen molar-refractivity contribution in [2.24, 2.45) is 5.41 Å². The fourth-order valence-corrected chi connectivity index (χ4v) is 2.82. The van der Waals surface area contributed by atoms with Crippen molar-refractivity contribution >= 4 is 0 Å². The molecule has 2 rings (SSSR count). The monoisotopic (exact) mass is 219 g/mol. The summed E-state index contributed by atoms with van der Waals surface area (Å²) in [5, 5.41) is 0. The molecule has 0 aromatic heterocycles. The van der Waals surface area contributed by atoms with Gasteiger partial charge in [-0.2, -0.15) is 13.2 Å². The lowest BCUT2D eigenvalue weighted by molar-refractivity contribution is -0.134. The van der Waals surface area contributed by atoms with E-state index >= 15 is 0 Å². The molecule has 2 aliphatic rings. The third-order valence-electron chi connectivity index (χ3n) is 3.37. The summed E-state index contributed by atoms with van der Waals surface area (Å²) in [6, 6.07) is 0. The smallest absolute Gasteiger partial charge is 0.305 e. The van der Waals surface area contributed by atoms with Crippen LogP contribution < -0.4 is 0 Å². The van der Waals surface area contributed by atoms with Gasteiger partial charge in [-0.05, 0) is 26.3 Å². The zero-order valence-corrected chi connectivity index (χ0v) is 8.90. The van der Waals surface area contributed by atoms with E-state index in [1.54, 1.807) is 0 Å². The number of rotatable bonds is 2. The molecular formula is C11H16F3N. The molecule has 1 aliphatic carbocycles. The zero-order chi connectivity index (χ0) is 11.1. The van der Waals surface area contributed by atoms with Crippen molar-refractivity contribution in [3.63, 3.8) is 0 Å². The molecule has 0 N–H and O–H groups in total. The second-order valence-electron chi connectivity index (χ2n) is 5.03. The molecule has 15 heavy (non-hydrogen) atoms. The van der Waals surface area contributed by atoms with E-state index in [9.17, 15) is 13.2 Å². The van der Waals surface area contributed by atoms with Crippen LogP contribution >= 0.6 is 0 Å². The average molecular weight is 219 g/mol. The predicted molar refractivity (Wildman–Crippen MR) is 52.5 cm³/mol. The van der Waals surface area contributed by atoms with E-state index in [2.05, 4.69) is 11.9 Å². The van der Waals surface area contributed by atoms with Crippen LogP contribution in [0.15, 0.2) is 11.6 Å². The lowest BCUT2D eigenvalue weighted by Gasteiger charge is -2.46. The first-order valence-corrected chi connectivity index (χ1v) is 5.32. The van der Waals surface area contributed by atoms with Crippen molar-refractivity contribution in [2.75, 3.05) is 20.1 Å². The molecule has 0 aromatic rings. The van der Waals surface area contributed by atoms with Crippen LogP contribution in [0.5, 0.6) is 0 Å². The van der Waals surface area contributed by atoms with Gasteiger partial charge >= 0.3 is 6.18 Å². The second kappa shape index (κ2) is 3.51. The maximum atomic E-state index is 12.0. The highest BCUT2D eigenvalue weighted by Gasteiger charge is 2.43. The molecule has 4 heteroatoms. The maximum absolute atomic E-state index is 12.0. The standard InChI is InChI=1S/C11H16F3N/c1-15-7-10(8-15)4-2-9(6-10)3-5-11(12,13)14/h2H,3-8H2,1H3. The summed E-state index contributed by atoms with van der Waals surface area (Å²) < 4.78 is 36.1. The minimum Gasteiger partial charge on any atom is -0.305 e. The minimum atomic E-state index is -4.01. The third-order valence-corrected chi connectivity index (χ3v) is 3.37. The summed E-state index contributed by atoms with van der Waals surface area (Å²) in [4.78, 5) is 2.22. The fraction of sp³-hybridized carbons (Fsp3) is 0.818. The van der Waals surface area contributed by atoms with Crippen LogP contribution in [0, 0.1) is 5.41 Å². The Morgan fingerprint density at radius 1 is 1.40 bits per heavy atom. The van der Waals surface area contributed by atoms with Gasteiger partial charge in [0.15, 0.2) is 0 Å². The third kappa shape index (κ3) is 2.54. The largest absolute Gasteiger partial charge is 0.389 e. The molecule has 0 bridgehead atoms. The van der Waals surface area contributed by atoms with E-state index in [0.717, 1.165) is 31.5 Å². The Labute approximate surface area is 87.9 Å². The highest BCUT2D eigenvalue weighted by Crippen LogP contribution is 2.45. The number of nitrogens with zero attached hydrogens (tertiary/aromatic N) is 1. The molecule has 0 radical (unpaired) electrons. The average Bonchev–Trinajstić information content (AvgIpc) is 2.43. The van der Waals surface area contributed by atoms with Crippen LogP contribution in [-0.2, 0) is 0 Å². The summed E-state index contributed by atoms with van der Waals surface area (Å²) in [6.45, 7) is 2.08. The van der Waals surface area contributed by atoms with E-state index in [1.165, 1.54) is 0 Å². The van der Waals surface area contributed by atoms with Crippen molar-refractivity contribution in [3.05, 3.63) is 11.6 Å². The van der Waals surface area contributed by atoms with Gasteiger partial charge in [0.1, 0.15) is 0 Å². The predicted octanol–water partition coefficient (Wildman–Crippen LogP) is 2.98. The lowest BCUT2D eigenvalue weighted by atomic mass is 9.77. The molecule has 0 unspecified atom stereocenters. The van der Waals surface area contributed by atoms with Crippen LogP contribution in [0.3, 0.4) is 0 Å². The van der Waals surface area contributed by atoms with Gasteiger partial charge in [-0.1, -0.05) is 11.6 Å². The highest BCUT2D eigenvalue weighted by atomic mass is 19.4. The first-order valence-electron chi connectivity index (χ1n) is 5.32. The first kappa shape index (κ1) is 11.0. The van der Waals surface area contributed by atoms with Crippen molar-refractivity contribution in [2.45, 2.75) is 31.9 Å². The van der Waals surface area contributed by atoms with E-state index in [-0.39, 0.29) is 6.42 Å². The highest BCUT2D eigenvalue weighted by molar-refractivity contribution is 5.19. The van der Waals surface area contributed by atoms with E-state index < -0.39 is 12.6 Å². The van der Waals surface area contributed by atoms with Gasteiger partial charge in [0.25, 0.3) is 0 Å². The first-order chi connectivity index (χ1) is 6.89.